The first kappa shape index (κ1) is 18.5. The zero-order valence-electron chi connectivity index (χ0n) is 16.2. The monoisotopic (exact) mass is 350 g/mol. The van der Waals surface area contributed by atoms with Crippen LogP contribution >= 0.6 is 0 Å². The molecule has 1 amide bonds. The lowest BCUT2D eigenvalue weighted by Crippen LogP contribution is -2.25. The van der Waals surface area contributed by atoms with Gasteiger partial charge in [0.05, 0.1) is 0 Å². The maximum Gasteiger partial charge on any atom is 0.211 e. The predicted molar refractivity (Wildman–Crippen MR) is 111 cm³/mol. The third kappa shape index (κ3) is 3.11. The average molecular weight is 351 g/mol. The van der Waals surface area contributed by atoms with E-state index < -0.39 is 0 Å². The highest BCUT2D eigenvalue weighted by Gasteiger charge is 2.42. The van der Waals surface area contributed by atoms with Crippen molar-refractivity contribution in [3.63, 3.8) is 0 Å². The number of hydrogen-bond donors (Lipinski definition) is 2. The lowest BCUT2D eigenvalue weighted by Gasteiger charge is -2.33. The summed E-state index contributed by atoms with van der Waals surface area (Å²) in [5.74, 6) is 0. The summed E-state index contributed by atoms with van der Waals surface area (Å²) in [4.78, 5) is 11.0. The molecule has 2 aromatic rings. The molecule has 0 fully saturated rings. The Hall–Kier alpha value is -2.29. The van der Waals surface area contributed by atoms with E-state index in [4.69, 9.17) is 0 Å². The lowest BCUT2D eigenvalue weighted by molar-refractivity contribution is -0.105. The molecule has 0 saturated heterocycles. The molecule has 2 aromatic carbocycles. The summed E-state index contributed by atoms with van der Waals surface area (Å²) in [6, 6.07) is 13.2. The Labute approximate surface area is 157 Å². The quantitative estimate of drug-likeness (QED) is 0.549. The third-order valence-electron chi connectivity index (χ3n) is 5.79. The van der Waals surface area contributed by atoms with Crippen LogP contribution in [-0.2, 0) is 10.2 Å². The highest BCUT2D eigenvalue weighted by atomic mass is 16.1. The van der Waals surface area contributed by atoms with Crippen molar-refractivity contribution >= 4 is 17.8 Å². The van der Waals surface area contributed by atoms with Crippen molar-refractivity contribution in [1.82, 2.24) is 0 Å². The summed E-state index contributed by atoms with van der Waals surface area (Å²) >= 11 is 0. The van der Waals surface area contributed by atoms with E-state index in [1.807, 2.05) is 13.1 Å². The number of amides is 1. The van der Waals surface area contributed by atoms with Gasteiger partial charge in [0.25, 0.3) is 0 Å². The molecule has 0 bridgehead atoms. The average Bonchev–Trinajstić information content (AvgIpc) is 2.94. The third-order valence-corrected chi connectivity index (χ3v) is 5.79. The van der Waals surface area contributed by atoms with Gasteiger partial charge in [-0.15, -0.1) is 0 Å². The summed E-state index contributed by atoms with van der Waals surface area (Å²) in [7, 11) is 1.98. The van der Waals surface area contributed by atoms with Crippen LogP contribution in [0, 0.1) is 0 Å². The molecule has 0 saturated carbocycles. The fourth-order valence-electron chi connectivity index (χ4n) is 4.43. The zero-order chi connectivity index (χ0) is 18.6. The number of rotatable bonds is 9. The summed E-state index contributed by atoms with van der Waals surface area (Å²) in [5.41, 5.74) is 7.61. The Morgan fingerprint density at radius 2 is 1.42 bits per heavy atom. The smallest absolute Gasteiger partial charge is 0.211 e. The first-order chi connectivity index (χ1) is 12.7. The Kier molecular flexibility index (Phi) is 5.65. The maximum absolute atomic E-state index is 11.0. The van der Waals surface area contributed by atoms with Gasteiger partial charge in [0, 0.05) is 23.8 Å². The molecule has 3 heteroatoms. The van der Waals surface area contributed by atoms with Gasteiger partial charge in [0.2, 0.25) is 6.41 Å². The van der Waals surface area contributed by atoms with Crippen LogP contribution in [0.4, 0.5) is 11.4 Å². The largest absolute Gasteiger partial charge is 0.388 e. The second-order valence-corrected chi connectivity index (χ2v) is 7.32. The number of benzene rings is 2. The lowest BCUT2D eigenvalue weighted by atomic mass is 9.70. The minimum Gasteiger partial charge on any atom is -0.388 e. The van der Waals surface area contributed by atoms with Crippen LogP contribution in [0.1, 0.15) is 63.5 Å². The summed E-state index contributed by atoms with van der Waals surface area (Å²) in [6.45, 7) is 4.53. The van der Waals surface area contributed by atoms with Crippen molar-refractivity contribution in [3.05, 3.63) is 47.5 Å². The summed E-state index contributed by atoms with van der Waals surface area (Å²) in [6.07, 6.45) is 7.87. The fraction of sp³-hybridized carbons (Fsp3) is 0.435. The van der Waals surface area contributed by atoms with Gasteiger partial charge in [-0.1, -0.05) is 51.7 Å². The van der Waals surface area contributed by atoms with E-state index >= 15 is 0 Å². The number of fused-ring (bicyclic) bond motifs is 3. The second-order valence-electron chi connectivity index (χ2n) is 7.32. The Morgan fingerprint density at radius 1 is 0.885 bits per heavy atom. The molecule has 0 aromatic heterocycles. The molecule has 26 heavy (non-hydrogen) atoms. The molecule has 0 atom stereocenters. The molecule has 0 unspecified atom stereocenters. The number of hydrogen-bond acceptors (Lipinski definition) is 2. The molecular weight excluding hydrogens is 320 g/mol. The Bertz CT molecular complexity index is 774. The van der Waals surface area contributed by atoms with E-state index in [1.165, 1.54) is 53.6 Å². The van der Waals surface area contributed by atoms with Crippen molar-refractivity contribution in [2.75, 3.05) is 17.7 Å². The fourth-order valence-corrected chi connectivity index (χ4v) is 4.43. The van der Waals surface area contributed by atoms with Crippen molar-refractivity contribution in [3.8, 4) is 11.1 Å². The molecule has 0 heterocycles. The van der Waals surface area contributed by atoms with Crippen molar-refractivity contribution in [2.45, 2.75) is 57.8 Å². The van der Waals surface area contributed by atoms with Crippen LogP contribution in [0.25, 0.3) is 11.1 Å². The maximum atomic E-state index is 11.0. The minimum atomic E-state index is 0.0458. The summed E-state index contributed by atoms with van der Waals surface area (Å²) in [5, 5.41) is 6.15. The summed E-state index contributed by atoms with van der Waals surface area (Å²) < 4.78 is 0. The molecule has 3 rings (SSSR count). The Morgan fingerprint density at radius 3 is 1.92 bits per heavy atom. The molecule has 1 aliphatic rings. The van der Waals surface area contributed by atoms with E-state index in [-0.39, 0.29) is 5.41 Å². The van der Waals surface area contributed by atoms with E-state index in [2.05, 4.69) is 54.8 Å². The van der Waals surface area contributed by atoms with Crippen molar-refractivity contribution < 1.29 is 4.79 Å². The minimum absolute atomic E-state index is 0.0458. The molecule has 0 aliphatic heterocycles. The van der Waals surface area contributed by atoms with Gasteiger partial charge in [-0.05, 0) is 59.4 Å². The predicted octanol–water partition coefficient (Wildman–Crippen LogP) is 5.94. The van der Waals surface area contributed by atoms with Crippen LogP contribution in [0.2, 0.25) is 0 Å². The first-order valence-corrected chi connectivity index (χ1v) is 9.87. The van der Waals surface area contributed by atoms with Crippen molar-refractivity contribution in [1.29, 1.82) is 0 Å². The Balaban J connectivity index is 2.22. The van der Waals surface area contributed by atoms with Gasteiger partial charge in [0.15, 0.2) is 0 Å². The molecule has 138 valence electrons. The molecular formula is C23H30N2O. The van der Waals surface area contributed by atoms with E-state index in [9.17, 15) is 4.79 Å². The molecule has 3 nitrogen and oxygen atoms in total. The second kappa shape index (κ2) is 7.94. The standard InChI is InChI=1S/C23H30N2O/c1-4-6-12-23(13-7-5-2)21-14-17(24-3)8-10-19(21)20-11-9-18(25-16-26)15-22(20)23/h8-11,14-16,24H,4-7,12-13H2,1-3H3,(H,25,26). The van der Waals surface area contributed by atoms with Gasteiger partial charge in [-0.25, -0.2) is 0 Å². The highest BCUT2D eigenvalue weighted by Crippen LogP contribution is 2.55. The van der Waals surface area contributed by atoms with Gasteiger partial charge in [-0.2, -0.15) is 0 Å². The van der Waals surface area contributed by atoms with E-state index in [0.717, 1.165) is 24.9 Å². The van der Waals surface area contributed by atoms with Crippen LogP contribution in [-0.4, -0.2) is 13.5 Å². The number of unbranched alkanes of at least 4 members (excludes halogenated alkanes) is 2. The highest BCUT2D eigenvalue weighted by molar-refractivity contribution is 5.85. The number of nitrogens with one attached hydrogen (secondary N) is 2. The normalized spacial score (nSPS) is 13.8. The first-order valence-electron chi connectivity index (χ1n) is 9.87. The van der Waals surface area contributed by atoms with E-state index in [1.54, 1.807) is 0 Å². The van der Waals surface area contributed by atoms with Crippen molar-refractivity contribution in [2.24, 2.45) is 0 Å². The topological polar surface area (TPSA) is 41.1 Å². The zero-order valence-corrected chi connectivity index (χ0v) is 16.2. The molecule has 2 N–H and O–H groups in total. The van der Waals surface area contributed by atoms with Crippen LogP contribution in [0.15, 0.2) is 36.4 Å². The van der Waals surface area contributed by atoms with Gasteiger partial charge < -0.3 is 10.6 Å². The number of carbonyl (C=O) groups excluding carboxylic acids is 1. The number of anilines is 2. The SMILES string of the molecule is CCCCC1(CCCC)c2cc(NC)ccc2-c2ccc(NC=O)cc21. The molecule has 0 radical (unpaired) electrons. The van der Waals surface area contributed by atoms with Crippen LogP contribution in [0.5, 0.6) is 0 Å². The van der Waals surface area contributed by atoms with Gasteiger partial charge >= 0.3 is 0 Å². The van der Waals surface area contributed by atoms with Crippen LogP contribution in [0.3, 0.4) is 0 Å². The van der Waals surface area contributed by atoms with Gasteiger partial charge in [-0.3, -0.25) is 4.79 Å². The van der Waals surface area contributed by atoms with Gasteiger partial charge in [0.1, 0.15) is 0 Å². The van der Waals surface area contributed by atoms with E-state index in [0.29, 0.717) is 0 Å². The molecule has 1 aliphatic carbocycles. The number of carbonyl (C=O) groups is 1. The molecule has 0 spiro atoms. The van der Waals surface area contributed by atoms with Crippen LogP contribution < -0.4 is 10.6 Å².